The van der Waals surface area contributed by atoms with E-state index in [1.165, 1.54) is 0 Å². The van der Waals surface area contributed by atoms with Crippen molar-refractivity contribution < 1.29 is 4.21 Å². The molecule has 0 saturated heterocycles. The average Bonchev–Trinajstić information content (AvgIpc) is 1.54. The molecular formula is C7H13NOS. The molecule has 10 heavy (non-hydrogen) atoms. The van der Waals surface area contributed by atoms with Gasteiger partial charge < -0.3 is 0 Å². The molecule has 1 aliphatic heterocycles. The van der Waals surface area contributed by atoms with Gasteiger partial charge in [-0.1, -0.05) is 0 Å². The summed E-state index contributed by atoms with van der Waals surface area (Å²) in [4.78, 5) is 4.39. The number of rotatable bonds is 0. The van der Waals surface area contributed by atoms with Crippen molar-refractivity contribution in [2.24, 2.45) is 4.99 Å². The molecule has 2 nitrogen and oxygen atoms in total. The fourth-order valence-electron chi connectivity index (χ4n) is 1.26. The second-order valence-corrected chi connectivity index (χ2v) is 4.85. The van der Waals surface area contributed by atoms with Gasteiger partial charge in [-0.05, 0) is 20.8 Å². The van der Waals surface area contributed by atoms with Crippen LogP contribution in [0.4, 0.5) is 0 Å². The van der Waals surface area contributed by atoms with Crippen LogP contribution in [0.1, 0.15) is 20.8 Å². The lowest BCUT2D eigenvalue weighted by Crippen LogP contribution is -2.34. The molecule has 0 aromatic heterocycles. The fourth-order valence-corrected chi connectivity index (χ4v) is 2.74. The maximum atomic E-state index is 11.1. The van der Waals surface area contributed by atoms with Crippen molar-refractivity contribution in [1.29, 1.82) is 0 Å². The zero-order valence-electron chi connectivity index (χ0n) is 6.68. The Morgan fingerprint density at radius 1 is 1.60 bits per heavy atom. The van der Waals surface area contributed by atoms with Crippen LogP contribution in [-0.4, -0.2) is 27.0 Å². The van der Waals surface area contributed by atoms with E-state index in [4.69, 9.17) is 0 Å². The predicted octanol–water partition coefficient (Wildman–Crippen LogP) is 0.988. The van der Waals surface area contributed by atoms with Gasteiger partial charge in [0.15, 0.2) is 0 Å². The maximum Gasteiger partial charge on any atom is 0.0666 e. The topological polar surface area (TPSA) is 29.4 Å². The van der Waals surface area contributed by atoms with Gasteiger partial charge in [0.2, 0.25) is 0 Å². The van der Waals surface area contributed by atoms with Crippen molar-refractivity contribution in [3.8, 4) is 0 Å². The molecule has 1 atom stereocenters. The summed E-state index contributed by atoms with van der Waals surface area (Å²) in [5, 5.41) is 0. The molecule has 0 aliphatic carbocycles. The smallest absolute Gasteiger partial charge is 0.0666 e. The van der Waals surface area contributed by atoms with Crippen molar-refractivity contribution in [2.45, 2.75) is 26.3 Å². The van der Waals surface area contributed by atoms with Gasteiger partial charge in [0.05, 0.1) is 11.3 Å². The van der Waals surface area contributed by atoms with Crippen molar-refractivity contribution in [3.05, 3.63) is 0 Å². The highest BCUT2D eigenvalue weighted by molar-refractivity contribution is 7.85. The summed E-state index contributed by atoms with van der Waals surface area (Å²) in [6.45, 7) is 5.99. The van der Waals surface area contributed by atoms with E-state index in [1.807, 2.05) is 20.8 Å². The van der Waals surface area contributed by atoms with Crippen LogP contribution in [0.2, 0.25) is 0 Å². The molecule has 0 radical (unpaired) electrons. The van der Waals surface area contributed by atoms with Gasteiger partial charge in [0.1, 0.15) is 0 Å². The van der Waals surface area contributed by atoms with Gasteiger partial charge in [-0.2, -0.15) is 0 Å². The molecule has 0 aromatic rings. The zero-order valence-corrected chi connectivity index (χ0v) is 7.49. The number of aliphatic imine (C=N–C) groups is 1. The van der Waals surface area contributed by atoms with Crippen molar-refractivity contribution >= 4 is 16.5 Å². The molecule has 58 valence electrons. The van der Waals surface area contributed by atoms with Gasteiger partial charge in [-0.15, -0.1) is 0 Å². The van der Waals surface area contributed by atoms with Crippen molar-refractivity contribution in [3.63, 3.8) is 0 Å². The van der Waals surface area contributed by atoms with Crippen LogP contribution >= 0.6 is 0 Å². The second-order valence-electron chi connectivity index (χ2n) is 3.39. The summed E-state index contributed by atoms with van der Waals surface area (Å²) < 4.78 is 11.1. The Balaban J connectivity index is 2.83. The summed E-state index contributed by atoms with van der Waals surface area (Å²) in [5.74, 6) is 1.38. The first-order valence-corrected chi connectivity index (χ1v) is 4.89. The van der Waals surface area contributed by atoms with E-state index in [0.717, 1.165) is 5.71 Å². The molecule has 0 spiro atoms. The molecule has 1 unspecified atom stereocenters. The predicted molar refractivity (Wildman–Crippen MR) is 45.1 cm³/mol. The molecule has 0 amide bonds. The molecule has 1 rings (SSSR count). The molecule has 0 N–H and O–H groups in total. The van der Waals surface area contributed by atoms with Crippen molar-refractivity contribution in [2.75, 3.05) is 11.5 Å². The van der Waals surface area contributed by atoms with Crippen LogP contribution in [0, 0.1) is 0 Å². The van der Waals surface area contributed by atoms with Crippen LogP contribution in [0.5, 0.6) is 0 Å². The van der Waals surface area contributed by atoms with Crippen LogP contribution < -0.4 is 0 Å². The number of hydrogen-bond acceptors (Lipinski definition) is 2. The molecule has 3 heteroatoms. The third kappa shape index (κ3) is 1.90. The van der Waals surface area contributed by atoms with Gasteiger partial charge >= 0.3 is 0 Å². The summed E-state index contributed by atoms with van der Waals surface area (Å²) >= 11 is 0. The van der Waals surface area contributed by atoms with Crippen LogP contribution in [0.15, 0.2) is 4.99 Å². The summed E-state index contributed by atoms with van der Waals surface area (Å²) in [7, 11) is -0.671. The van der Waals surface area contributed by atoms with Gasteiger partial charge in [0, 0.05) is 22.3 Å². The zero-order chi connectivity index (χ0) is 7.78. The molecule has 1 aliphatic rings. The summed E-state index contributed by atoms with van der Waals surface area (Å²) in [6.07, 6.45) is 0. The van der Waals surface area contributed by atoms with E-state index in [1.54, 1.807) is 0 Å². The Bertz CT molecular complexity index is 196. The Hall–Kier alpha value is -0.180. The first-order chi connectivity index (χ1) is 4.49. The molecular weight excluding hydrogens is 146 g/mol. The van der Waals surface area contributed by atoms with E-state index in [-0.39, 0.29) is 5.54 Å². The highest BCUT2D eigenvalue weighted by Crippen LogP contribution is 2.15. The third-order valence-corrected chi connectivity index (χ3v) is 3.15. The molecule has 1 heterocycles. The lowest BCUT2D eigenvalue weighted by atomic mass is 10.1. The minimum Gasteiger partial charge on any atom is -0.286 e. The normalized spacial score (nSPS) is 31.5. The molecule has 0 bridgehead atoms. The van der Waals surface area contributed by atoms with E-state index in [0.29, 0.717) is 11.5 Å². The Kier molecular flexibility index (Phi) is 1.95. The monoisotopic (exact) mass is 159 g/mol. The lowest BCUT2D eigenvalue weighted by Gasteiger charge is -2.24. The minimum atomic E-state index is -0.671. The number of hydrogen-bond donors (Lipinski definition) is 0. The SMILES string of the molecule is CC1=NC(C)(C)CS(=O)C1. The largest absolute Gasteiger partial charge is 0.286 e. The van der Waals surface area contributed by atoms with Gasteiger partial charge in [-0.25, -0.2) is 0 Å². The first-order valence-electron chi connectivity index (χ1n) is 3.40. The Morgan fingerprint density at radius 3 is 2.60 bits per heavy atom. The lowest BCUT2D eigenvalue weighted by molar-refractivity contribution is 0.575. The minimum absolute atomic E-state index is 0.0901. The summed E-state index contributed by atoms with van der Waals surface area (Å²) in [5.41, 5.74) is 0.933. The van der Waals surface area contributed by atoms with Gasteiger partial charge in [-0.3, -0.25) is 9.20 Å². The van der Waals surface area contributed by atoms with E-state index < -0.39 is 10.8 Å². The first kappa shape index (κ1) is 7.92. The van der Waals surface area contributed by atoms with E-state index in [9.17, 15) is 4.21 Å². The average molecular weight is 159 g/mol. The van der Waals surface area contributed by atoms with E-state index >= 15 is 0 Å². The van der Waals surface area contributed by atoms with Gasteiger partial charge in [0.25, 0.3) is 0 Å². The van der Waals surface area contributed by atoms with Crippen LogP contribution in [0.25, 0.3) is 0 Å². The molecule has 0 saturated carbocycles. The Morgan fingerprint density at radius 2 is 2.20 bits per heavy atom. The maximum absolute atomic E-state index is 11.1. The number of nitrogens with zero attached hydrogens (tertiary/aromatic N) is 1. The van der Waals surface area contributed by atoms with Crippen molar-refractivity contribution in [1.82, 2.24) is 0 Å². The van der Waals surface area contributed by atoms with Crippen LogP contribution in [0.3, 0.4) is 0 Å². The van der Waals surface area contributed by atoms with E-state index in [2.05, 4.69) is 4.99 Å². The highest BCUT2D eigenvalue weighted by atomic mass is 32.2. The molecule has 0 fully saturated rings. The third-order valence-electron chi connectivity index (χ3n) is 1.38. The Labute approximate surface area is 64.2 Å². The fraction of sp³-hybridized carbons (Fsp3) is 0.857. The van der Waals surface area contributed by atoms with Crippen LogP contribution in [-0.2, 0) is 10.8 Å². The highest BCUT2D eigenvalue weighted by Gasteiger charge is 2.24. The standard InChI is InChI=1S/C7H13NOS/c1-6-4-10(9)5-7(2,3)8-6/h4-5H2,1-3H3. The summed E-state index contributed by atoms with van der Waals surface area (Å²) in [6, 6.07) is 0. The quantitative estimate of drug-likeness (QED) is 0.518. The second kappa shape index (κ2) is 2.46. The molecule has 0 aromatic carbocycles.